The van der Waals surface area contributed by atoms with Crippen LogP contribution in [0.15, 0.2) is 54.7 Å². The number of aromatic nitrogens is 2. The number of Topliss-reactive ketones (excluding diaryl/α,β-unsaturated/α-hetero) is 1. The minimum Gasteiger partial charge on any atom is -0.497 e. The van der Waals surface area contributed by atoms with Crippen LogP contribution in [0.2, 0.25) is 0 Å². The number of carbonyl (C=O) groups excluding carboxylic acids is 2. The van der Waals surface area contributed by atoms with Gasteiger partial charge >= 0.3 is 0 Å². The molecule has 0 aliphatic carbocycles. The minimum atomic E-state index is -0.189. The van der Waals surface area contributed by atoms with Gasteiger partial charge in [-0.1, -0.05) is 0 Å². The van der Waals surface area contributed by atoms with Crippen LogP contribution in [-0.4, -0.2) is 53.7 Å². The summed E-state index contributed by atoms with van der Waals surface area (Å²) in [5, 5.41) is 4.31. The van der Waals surface area contributed by atoms with Crippen molar-refractivity contribution in [2.24, 2.45) is 5.92 Å². The average Bonchev–Trinajstić information content (AvgIpc) is 3.24. The molecule has 166 valence electrons. The molecular weight excluding hydrogens is 408 g/mol. The molecule has 1 aliphatic rings. The number of likely N-dealkylation sites (tertiary alicyclic amines) is 1. The van der Waals surface area contributed by atoms with Crippen LogP contribution in [0.25, 0.3) is 5.69 Å². The van der Waals surface area contributed by atoms with E-state index in [0.29, 0.717) is 48.6 Å². The second-order valence-electron chi connectivity index (χ2n) is 7.71. The highest BCUT2D eigenvalue weighted by atomic mass is 16.5. The third-order valence-electron chi connectivity index (χ3n) is 5.88. The predicted octanol–water partition coefficient (Wildman–Crippen LogP) is 3.21. The number of nitrogen functional groups attached to an aromatic ring is 1. The van der Waals surface area contributed by atoms with Gasteiger partial charge < -0.3 is 20.1 Å². The van der Waals surface area contributed by atoms with Crippen molar-refractivity contribution in [3.8, 4) is 17.2 Å². The Bertz CT molecular complexity index is 1100. The summed E-state index contributed by atoms with van der Waals surface area (Å²) in [5.74, 6) is 1.50. The van der Waals surface area contributed by atoms with E-state index < -0.39 is 0 Å². The molecule has 3 aromatic rings. The molecule has 1 amide bonds. The van der Waals surface area contributed by atoms with Gasteiger partial charge in [-0.15, -0.1) is 0 Å². The van der Waals surface area contributed by atoms with Crippen LogP contribution in [0.4, 0.5) is 5.82 Å². The summed E-state index contributed by atoms with van der Waals surface area (Å²) in [6.45, 7) is 1.04. The lowest BCUT2D eigenvalue weighted by Gasteiger charge is -2.31. The van der Waals surface area contributed by atoms with Crippen LogP contribution >= 0.6 is 0 Å². The first kappa shape index (κ1) is 21.4. The standard InChI is InChI=1S/C24H26N4O4/c1-31-19-7-3-17(4-8-19)24(30)27-13-11-16(12-14-27)22(29)21-15-26-28(23(21)25)18-5-9-20(32-2)10-6-18/h3-10,15-16H,11-14,25H2,1-2H3. The van der Waals surface area contributed by atoms with Gasteiger partial charge in [0.1, 0.15) is 17.3 Å². The normalized spacial score (nSPS) is 14.2. The number of hydrogen-bond donors (Lipinski definition) is 1. The van der Waals surface area contributed by atoms with Crippen molar-refractivity contribution in [1.29, 1.82) is 0 Å². The van der Waals surface area contributed by atoms with E-state index in [9.17, 15) is 9.59 Å². The summed E-state index contributed by atoms with van der Waals surface area (Å²) in [6, 6.07) is 14.3. The Morgan fingerprint density at radius 3 is 2.06 bits per heavy atom. The Hall–Kier alpha value is -3.81. The van der Waals surface area contributed by atoms with E-state index in [0.717, 1.165) is 11.4 Å². The number of rotatable bonds is 6. The molecule has 2 N–H and O–H groups in total. The molecule has 1 aliphatic heterocycles. The van der Waals surface area contributed by atoms with Crippen LogP contribution in [0.5, 0.6) is 11.5 Å². The smallest absolute Gasteiger partial charge is 0.253 e. The van der Waals surface area contributed by atoms with Crippen LogP contribution in [-0.2, 0) is 0 Å². The Kier molecular flexibility index (Phi) is 6.11. The zero-order chi connectivity index (χ0) is 22.7. The minimum absolute atomic E-state index is 0.0289. The highest BCUT2D eigenvalue weighted by Crippen LogP contribution is 2.27. The number of ketones is 1. The lowest BCUT2D eigenvalue weighted by Crippen LogP contribution is -2.40. The van der Waals surface area contributed by atoms with Gasteiger partial charge in [0.2, 0.25) is 0 Å². The van der Waals surface area contributed by atoms with Gasteiger partial charge in [0.05, 0.1) is 31.7 Å². The van der Waals surface area contributed by atoms with Crippen LogP contribution in [0, 0.1) is 5.92 Å². The number of benzene rings is 2. The molecule has 8 nitrogen and oxygen atoms in total. The monoisotopic (exact) mass is 434 g/mol. The lowest BCUT2D eigenvalue weighted by atomic mass is 9.89. The van der Waals surface area contributed by atoms with E-state index in [4.69, 9.17) is 15.2 Å². The number of ether oxygens (including phenoxy) is 2. The maximum absolute atomic E-state index is 13.1. The number of anilines is 1. The quantitative estimate of drug-likeness (QED) is 0.598. The van der Waals surface area contributed by atoms with Gasteiger partial charge in [0, 0.05) is 24.6 Å². The number of amides is 1. The molecule has 2 aromatic carbocycles. The molecular formula is C24H26N4O4. The van der Waals surface area contributed by atoms with E-state index in [2.05, 4.69) is 5.10 Å². The zero-order valence-electron chi connectivity index (χ0n) is 18.2. The molecule has 32 heavy (non-hydrogen) atoms. The average molecular weight is 434 g/mol. The van der Waals surface area contributed by atoms with Gasteiger partial charge in [0.25, 0.3) is 5.91 Å². The van der Waals surface area contributed by atoms with E-state index in [1.807, 2.05) is 24.3 Å². The second-order valence-corrected chi connectivity index (χ2v) is 7.71. The molecule has 0 radical (unpaired) electrons. The van der Waals surface area contributed by atoms with Crippen LogP contribution in [0.3, 0.4) is 0 Å². The molecule has 0 bridgehead atoms. The Labute approximate surface area is 186 Å². The molecule has 0 atom stereocenters. The van der Waals surface area contributed by atoms with Crippen molar-refractivity contribution in [1.82, 2.24) is 14.7 Å². The van der Waals surface area contributed by atoms with Crippen molar-refractivity contribution in [3.63, 3.8) is 0 Å². The largest absolute Gasteiger partial charge is 0.497 e. The van der Waals surface area contributed by atoms with Crippen molar-refractivity contribution < 1.29 is 19.1 Å². The fourth-order valence-corrected chi connectivity index (χ4v) is 3.96. The maximum atomic E-state index is 13.1. The van der Waals surface area contributed by atoms with Gasteiger partial charge in [-0.25, -0.2) is 4.68 Å². The fraction of sp³-hybridized carbons (Fsp3) is 0.292. The number of nitrogens with zero attached hydrogens (tertiary/aromatic N) is 3. The number of methoxy groups -OCH3 is 2. The van der Waals surface area contributed by atoms with Gasteiger partial charge in [-0.2, -0.15) is 5.10 Å². The summed E-state index contributed by atoms with van der Waals surface area (Å²) >= 11 is 0. The molecule has 0 unspecified atom stereocenters. The van der Waals surface area contributed by atoms with Crippen molar-refractivity contribution in [3.05, 3.63) is 65.9 Å². The summed E-state index contributed by atoms with van der Waals surface area (Å²) in [5.41, 5.74) is 8.04. The van der Waals surface area contributed by atoms with E-state index >= 15 is 0 Å². The SMILES string of the molecule is COc1ccc(C(=O)N2CCC(C(=O)c3cnn(-c4ccc(OC)cc4)c3N)CC2)cc1. The molecule has 1 saturated heterocycles. The molecule has 0 saturated carbocycles. The number of hydrogen-bond acceptors (Lipinski definition) is 6. The Morgan fingerprint density at radius 2 is 1.50 bits per heavy atom. The fourth-order valence-electron chi connectivity index (χ4n) is 3.96. The third-order valence-corrected chi connectivity index (χ3v) is 5.88. The van der Waals surface area contributed by atoms with E-state index in [-0.39, 0.29) is 17.6 Å². The maximum Gasteiger partial charge on any atom is 0.253 e. The molecule has 1 fully saturated rings. The highest BCUT2D eigenvalue weighted by molar-refractivity contribution is 6.02. The van der Waals surface area contributed by atoms with Gasteiger partial charge in [0.15, 0.2) is 5.78 Å². The lowest BCUT2D eigenvalue weighted by molar-refractivity contribution is 0.0650. The van der Waals surface area contributed by atoms with E-state index in [1.54, 1.807) is 48.1 Å². The van der Waals surface area contributed by atoms with Crippen LogP contribution in [0.1, 0.15) is 33.6 Å². The Balaban J connectivity index is 1.41. The number of piperidine rings is 1. The molecule has 0 spiro atoms. The Morgan fingerprint density at radius 1 is 0.938 bits per heavy atom. The molecule has 8 heteroatoms. The van der Waals surface area contributed by atoms with Crippen molar-refractivity contribution >= 4 is 17.5 Å². The van der Waals surface area contributed by atoms with E-state index in [1.165, 1.54) is 6.20 Å². The summed E-state index contributed by atoms with van der Waals surface area (Å²) in [7, 11) is 3.19. The first-order valence-corrected chi connectivity index (χ1v) is 10.5. The first-order chi connectivity index (χ1) is 15.5. The molecule has 2 heterocycles. The summed E-state index contributed by atoms with van der Waals surface area (Å²) in [6.07, 6.45) is 2.71. The van der Waals surface area contributed by atoms with Crippen molar-refractivity contribution in [2.75, 3.05) is 33.0 Å². The molecule has 1 aromatic heterocycles. The van der Waals surface area contributed by atoms with Gasteiger partial charge in [-0.05, 0) is 61.4 Å². The number of nitrogens with two attached hydrogens (primary N) is 1. The zero-order valence-corrected chi connectivity index (χ0v) is 18.2. The van der Waals surface area contributed by atoms with Crippen LogP contribution < -0.4 is 15.2 Å². The summed E-state index contributed by atoms with van der Waals surface area (Å²) < 4.78 is 11.9. The topological polar surface area (TPSA) is 99.7 Å². The number of carbonyl (C=O) groups is 2. The first-order valence-electron chi connectivity index (χ1n) is 10.5. The second kappa shape index (κ2) is 9.13. The van der Waals surface area contributed by atoms with Crippen molar-refractivity contribution in [2.45, 2.75) is 12.8 Å². The van der Waals surface area contributed by atoms with Gasteiger partial charge in [-0.3, -0.25) is 9.59 Å². The highest BCUT2D eigenvalue weighted by Gasteiger charge is 2.30. The third kappa shape index (κ3) is 4.16. The molecule has 4 rings (SSSR count). The summed E-state index contributed by atoms with van der Waals surface area (Å²) in [4.78, 5) is 27.7. The predicted molar refractivity (Wildman–Crippen MR) is 120 cm³/mol.